The molecule has 186 valence electrons. The highest BCUT2D eigenvalue weighted by Gasteiger charge is 2.24. The molecular formula is C24H27FN4O6. The third-order valence-electron chi connectivity index (χ3n) is 5.46. The summed E-state index contributed by atoms with van der Waals surface area (Å²) in [6.07, 6.45) is 0.700. The maximum atomic E-state index is 13.3. The third-order valence-corrected chi connectivity index (χ3v) is 5.46. The molecule has 2 heterocycles. The van der Waals surface area contributed by atoms with Gasteiger partial charge >= 0.3 is 6.09 Å². The Morgan fingerprint density at radius 2 is 1.94 bits per heavy atom. The van der Waals surface area contributed by atoms with Crippen LogP contribution in [0.25, 0.3) is 11.0 Å². The van der Waals surface area contributed by atoms with E-state index in [1.54, 1.807) is 25.1 Å². The summed E-state index contributed by atoms with van der Waals surface area (Å²) in [5, 5.41) is 22.6. The predicted octanol–water partition coefficient (Wildman–Crippen LogP) is 2.21. The number of hydrogen-bond acceptors (Lipinski definition) is 6. The molecule has 0 aliphatic carbocycles. The number of carbonyl (C=O) groups is 2. The molecule has 11 heteroatoms. The highest BCUT2D eigenvalue weighted by Crippen LogP contribution is 2.26. The van der Waals surface area contributed by atoms with E-state index in [2.05, 4.69) is 10.3 Å². The predicted molar refractivity (Wildman–Crippen MR) is 126 cm³/mol. The summed E-state index contributed by atoms with van der Waals surface area (Å²) in [5.41, 5.74) is 0.477. The van der Waals surface area contributed by atoms with Gasteiger partial charge in [-0.2, -0.15) is 0 Å². The van der Waals surface area contributed by atoms with Crippen LogP contribution in [0.15, 0.2) is 41.3 Å². The number of ether oxygens (including phenoxy) is 1. The van der Waals surface area contributed by atoms with Gasteiger partial charge < -0.3 is 29.7 Å². The number of pyridine rings is 2. The molecule has 0 fully saturated rings. The Morgan fingerprint density at radius 3 is 2.57 bits per heavy atom. The number of methoxy groups -OCH3 is 1. The highest BCUT2D eigenvalue weighted by atomic mass is 19.1. The fourth-order valence-corrected chi connectivity index (χ4v) is 3.64. The van der Waals surface area contributed by atoms with Gasteiger partial charge in [-0.25, -0.2) is 9.18 Å². The average molecular weight is 487 g/mol. The van der Waals surface area contributed by atoms with E-state index >= 15 is 0 Å². The minimum absolute atomic E-state index is 0.0231. The molecule has 0 saturated heterocycles. The number of halogens is 1. The summed E-state index contributed by atoms with van der Waals surface area (Å²) >= 11 is 0. The van der Waals surface area contributed by atoms with Crippen molar-refractivity contribution in [1.29, 1.82) is 0 Å². The lowest BCUT2D eigenvalue weighted by atomic mass is 10.1. The van der Waals surface area contributed by atoms with Crippen molar-refractivity contribution in [3.63, 3.8) is 0 Å². The second-order valence-corrected chi connectivity index (χ2v) is 8.23. The topological polar surface area (TPSA) is 134 Å². The summed E-state index contributed by atoms with van der Waals surface area (Å²) in [5.74, 6) is -1.72. The van der Waals surface area contributed by atoms with Gasteiger partial charge in [0.05, 0.1) is 12.1 Å². The van der Waals surface area contributed by atoms with Gasteiger partial charge in [-0.15, -0.1) is 0 Å². The number of aromatic hydroxyl groups is 1. The monoisotopic (exact) mass is 486 g/mol. The minimum atomic E-state index is -1.18. The van der Waals surface area contributed by atoms with Crippen molar-refractivity contribution in [2.75, 3.05) is 27.3 Å². The maximum Gasteiger partial charge on any atom is 0.407 e. The van der Waals surface area contributed by atoms with Gasteiger partial charge in [0.25, 0.3) is 11.5 Å². The lowest BCUT2D eigenvalue weighted by Crippen LogP contribution is -2.40. The van der Waals surface area contributed by atoms with Crippen molar-refractivity contribution in [3.8, 4) is 5.75 Å². The van der Waals surface area contributed by atoms with Crippen LogP contribution in [0.4, 0.5) is 9.18 Å². The van der Waals surface area contributed by atoms with Crippen LogP contribution in [0, 0.1) is 5.82 Å². The van der Waals surface area contributed by atoms with Gasteiger partial charge in [0.2, 0.25) is 0 Å². The molecule has 35 heavy (non-hydrogen) atoms. The number of nitrogens with one attached hydrogen (secondary N) is 1. The van der Waals surface area contributed by atoms with Gasteiger partial charge in [-0.1, -0.05) is 12.1 Å². The van der Waals surface area contributed by atoms with Gasteiger partial charge in [-0.3, -0.25) is 14.6 Å². The number of likely N-dealkylation sites (N-methyl/N-ethyl adjacent to an activating group) is 1. The van der Waals surface area contributed by atoms with Crippen LogP contribution < -0.4 is 10.9 Å². The first-order valence-electron chi connectivity index (χ1n) is 10.8. The summed E-state index contributed by atoms with van der Waals surface area (Å²) < 4.78 is 19.5. The van der Waals surface area contributed by atoms with Crippen LogP contribution >= 0.6 is 0 Å². The normalized spacial score (nSPS) is 11.9. The Bertz CT molecular complexity index is 1290. The highest BCUT2D eigenvalue weighted by molar-refractivity contribution is 6.01. The fourth-order valence-electron chi connectivity index (χ4n) is 3.64. The molecule has 1 aromatic carbocycles. The van der Waals surface area contributed by atoms with Crippen LogP contribution in [0.3, 0.4) is 0 Å². The number of amides is 2. The van der Waals surface area contributed by atoms with Crippen LogP contribution in [-0.4, -0.2) is 70.0 Å². The van der Waals surface area contributed by atoms with E-state index in [9.17, 15) is 29.0 Å². The van der Waals surface area contributed by atoms with E-state index in [1.807, 2.05) is 0 Å². The number of hydrogen-bond donors (Lipinski definition) is 3. The molecule has 3 aromatic rings. The number of carboxylic acid groups (broad SMARTS) is 1. The van der Waals surface area contributed by atoms with Crippen LogP contribution in [-0.2, 0) is 17.7 Å². The van der Waals surface area contributed by atoms with Crippen molar-refractivity contribution < 1.29 is 28.9 Å². The maximum absolute atomic E-state index is 13.3. The zero-order valence-corrected chi connectivity index (χ0v) is 19.6. The molecule has 3 rings (SSSR count). The Morgan fingerprint density at radius 1 is 1.26 bits per heavy atom. The third kappa shape index (κ3) is 5.93. The standard InChI is InChI=1S/C24H27FN4O6/c1-14(13-35-3)27-22(31)19-21(30)20-18(29(23(19)32)9-8-28(2)24(33)34)11-16(12-26-20)10-15-4-6-17(25)7-5-15/h4-7,11-12,14,30H,8-10,13H2,1-3H3,(H,27,31)(H,33,34). The van der Waals surface area contributed by atoms with Gasteiger partial charge in [0, 0.05) is 39.5 Å². The Hall–Kier alpha value is -3.99. The SMILES string of the molecule is COCC(C)NC(=O)c1c(O)c2ncc(Cc3ccc(F)cc3)cc2n(CCN(C)C(=O)O)c1=O. The lowest BCUT2D eigenvalue weighted by Gasteiger charge is -2.19. The van der Waals surface area contributed by atoms with Crippen molar-refractivity contribution in [2.45, 2.75) is 25.9 Å². The smallest absolute Gasteiger partial charge is 0.407 e. The Labute approximate surface area is 200 Å². The summed E-state index contributed by atoms with van der Waals surface area (Å²) in [6.45, 7) is 1.76. The first-order valence-corrected chi connectivity index (χ1v) is 10.8. The van der Waals surface area contributed by atoms with Gasteiger partial charge in [0.1, 0.15) is 16.9 Å². The second kappa shape index (κ2) is 11.0. The fraction of sp³-hybridized carbons (Fsp3) is 0.333. The van der Waals surface area contributed by atoms with Crippen molar-refractivity contribution in [1.82, 2.24) is 19.8 Å². The Balaban J connectivity index is 2.10. The molecule has 0 bridgehead atoms. The first kappa shape index (κ1) is 25.6. The molecule has 1 atom stereocenters. The zero-order chi connectivity index (χ0) is 25.7. The van der Waals surface area contributed by atoms with Crippen LogP contribution in [0.2, 0.25) is 0 Å². The van der Waals surface area contributed by atoms with E-state index in [1.165, 1.54) is 37.1 Å². The average Bonchev–Trinajstić information content (AvgIpc) is 2.80. The largest absolute Gasteiger partial charge is 0.505 e. The summed E-state index contributed by atoms with van der Waals surface area (Å²) in [4.78, 5) is 42.7. The van der Waals surface area contributed by atoms with Gasteiger partial charge in [0.15, 0.2) is 5.75 Å². The quantitative estimate of drug-likeness (QED) is 0.422. The molecule has 0 aliphatic rings. The molecule has 10 nitrogen and oxygen atoms in total. The number of nitrogens with zero attached hydrogens (tertiary/aromatic N) is 3. The van der Waals surface area contributed by atoms with Crippen molar-refractivity contribution in [3.05, 3.63) is 69.4 Å². The molecule has 0 spiro atoms. The van der Waals surface area contributed by atoms with Crippen molar-refractivity contribution >= 4 is 23.0 Å². The van der Waals surface area contributed by atoms with E-state index in [0.29, 0.717) is 12.0 Å². The molecule has 0 radical (unpaired) electrons. The van der Waals surface area contributed by atoms with E-state index < -0.39 is 34.9 Å². The van der Waals surface area contributed by atoms with E-state index in [4.69, 9.17) is 4.74 Å². The molecule has 2 amide bonds. The number of rotatable bonds is 9. The van der Waals surface area contributed by atoms with Crippen LogP contribution in [0.1, 0.15) is 28.4 Å². The lowest BCUT2D eigenvalue weighted by molar-refractivity contribution is 0.0900. The van der Waals surface area contributed by atoms with E-state index in [0.717, 1.165) is 10.5 Å². The van der Waals surface area contributed by atoms with Crippen molar-refractivity contribution in [2.24, 2.45) is 0 Å². The number of benzene rings is 1. The zero-order valence-electron chi connectivity index (χ0n) is 19.6. The molecule has 3 N–H and O–H groups in total. The van der Waals surface area contributed by atoms with E-state index in [-0.39, 0.29) is 36.5 Å². The number of aromatic nitrogens is 2. The second-order valence-electron chi connectivity index (χ2n) is 8.23. The number of fused-ring (bicyclic) bond motifs is 1. The molecule has 1 unspecified atom stereocenters. The molecule has 2 aromatic heterocycles. The first-order chi connectivity index (χ1) is 16.6. The van der Waals surface area contributed by atoms with Gasteiger partial charge in [-0.05, 0) is 42.7 Å². The van der Waals surface area contributed by atoms with Crippen LogP contribution in [0.5, 0.6) is 5.75 Å². The molecule has 0 saturated carbocycles. The summed E-state index contributed by atoms with van der Waals surface area (Å²) in [6, 6.07) is 7.13. The Kier molecular flexibility index (Phi) is 8.02. The molecular weight excluding hydrogens is 459 g/mol. The summed E-state index contributed by atoms with van der Waals surface area (Å²) in [7, 11) is 2.82. The minimum Gasteiger partial charge on any atom is -0.505 e. The number of carbonyl (C=O) groups excluding carboxylic acids is 1. The molecule has 0 aliphatic heterocycles.